The van der Waals surface area contributed by atoms with E-state index in [0.717, 1.165) is 12.1 Å². The molecule has 0 atom stereocenters. The van der Waals surface area contributed by atoms with Gasteiger partial charge in [-0.25, -0.2) is 16.8 Å². The molecular weight excluding hydrogens is 384 g/mol. The smallest absolute Gasteiger partial charge is 0.186 e. The number of sulfone groups is 2. The van der Waals surface area contributed by atoms with E-state index in [1.807, 2.05) is 0 Å². The summed E-state index contributed by atoms with van der Waals surface area (Å²) >= 11 is 0. The second-order valence-electron chi connectivity index (χ2n) is 6.12. The van der Waals surface area contributed by atoms with Gasteiger partial charge in [-0.15, -0.1) is 0 Å². The van der Waals surface area contributed by atoms with Gasteiger partial charge in [-0.2, -0.15) is 0 Å². The van der Waals surface area contributed by atoms with E-state index in [4.69, 9.17) is 0 Å². The molecule has 0 aromatic heterocycles. The van der Waals surface area contributed by atoms with Crippen LogP contribution in [0.25, 0.3) is 0 Å². The molecule has 1 N–H and O–H groups in total. The zero-order valence-electron chi connectivity index (χ0n) is 14.3. The SMILES string of the molecule is O=S(=O)(Cc1ccccc1)c1ccc(O)c(S(=O)(=O)Cc2ccccc2)c1. The van der Waals surface area contributed by atoms with Crippen molar-refractivity contribution in [1.29, 1.82) is 0 Å². The average Bonchev–Trinajstić information content (AvgIpc) is 2.62. The lowest BCUT2D eigenvalue weighted by molar-refractivity contribution is 0.457. The molecule has 0 radical (unpaired) electrons. The molecule has 0 aliphatic rings. The largest absolute Gasteiger partial charge is 0.507 e. The van der Waals surface area contributed by atoms with Gasteiger partial charge in [0, 0.05) is 0 Å². The summed E-state index contributed by atoms with van der Waals surface area (Å²) in [5.74, 6) is -1.05. The van der Waals surface area contributed by atoms with Crippen molar-refractivity contribution in [3.05, 3.63) is 90.0 Å². The zero-order chi connectivity index (χ0) is 19.5. The molecule has 0 fully saturated rings. The standard InChI is InChI=1S/C20H18O5S2/c21-19-12-11-18(26(22,23)14-16-7-3-1-4-8-16)13-20(19)27(24,25)15-17-9-5-2-6-10-17/h1-13,21H,14-15H2. The Labute approximate surface area is 158 Å². The van der Waals surface area contributed by atoms with Crippen LogP contribution in [-0.2, 0) is 31.2 Å². The second-order valence-corrected chi connectivity index (χ2v) is 10.1. The summed E-state index contributed by atoms with van der Waals surface area (Å²) < 4.78 is 50.8. The summed E-state index contributed by atoms with van der Waals surface area (Å²) in [4.78, 5) is -0.531. The summed E-state index contributed by atoms with van der Waals surface area (Å²) in [5.41, 5.74) is 1.15. The minimum Gasteiger partial charge on any atom is -0.507 e. The van der Waals surface area contributed by atoms with Gasteiger partial charge in [0.05, 0.1) is 16.4 Å². The predicted molar refractivity (Wildman–Crippen MR) is 103 cm³/mol. The van der Waals surface area contributed by atoms with Gasteiger partial charge < -0.3 is 5.11 Å². The van der Waals surface area contributed by atoms with Crippen molar-refractivity contribution in [2.75, 3.05) is 0 Å². The second kappa shape index (κ2) is 7.54. The van der Waals surface area contributed by atoms with E-state index in [1.165, 1.54) is 6.07 Å². The molecule has 0 saturated carbocycles. The third-order valence-electron chi connectivity index (χ3n) is 4.02. The van der Waals surface area contributed by atoms with E-state index >= 15 is 0 Å². The van der Waals surface area contributed by atoms with E-state index in [9.17, 15) is 21.9 Å². The van der Waals surface area contributed by atoms with Crippen LogP contribution in [0.3, 0.4) is 0 Å². The van der Waals surface area contributed by atoms with Gasteiger partial charge in [-0.3, -0.25) is 0 Å². The maximum Gasteiger partial charge on any atom is 0.186 e. The first-order chi connectivity index (χ1) is 12.8. The first-order valence-electron chi connectivity index (χ1n) is 8.14. The van der Waals surface area contributed by atoms with E-state index in [2.05, 4.69) is 0 Å². The molecule has 7 heteroatoms. The van der Waals surface area contributed by atoms with Gasteiger partial charge in [0.25, 0.3) is 0 Å². The molecule has 0 aliphatic heterocycles. The van der Waals surface area contributed by atoms with Crippen LogP contribution < -0.4 is 0 Å². The summed E-state index contributed by atoms with van der Waals surface area (Å²) in [5, 5.41) is 10.0. The van der Waals surface area contributed by atoms with Crippen molar-refractivity contribution in [2.24, 2.45) is 0 Å². The van der Waals surface area contributed by atoms with Crippen molar-refractivity contribution >= 4 is 19.7 Å². The molecule has 0 aliphatic carbocycles. The lowest BCUT2D eigenvalue weighted by Gasteiger charge is -2.10. The van der Waals surface area contributed by atoms with Gasteiger partial charge in [0.1, 0.15) is 10.6 Å². The third kappa shape index (κ3) is 4.56. The Morgan fingerprint density at radius 1 is 0.630 bits per heavy atom. The van der Waals surface area contributed by atoms with Crippen LogP contribution in [-0.4, -0.2) is 21.9 Å². The van der Waals surface area contributed by atoms with Crippen molar-refractivity contribution < 1.29 is 21.9 Å². The topological polar surface area (TPSA) is 88.5 Å². The first-order valence-corrected chi connectivity index (χ1v) is 11.4. The molecule has 0 bridgehead atoms. The monoisotopic (exact) mass is 402 g/mol. The molecule has 0 heterocycles. The van der Waals surface area contributed by atoms with Crippen molar-refractivity contribution in [2.45, 2.75) is 21.3 Å². The fourth-order valence-corrected chi connectivity index (χ4v) is 5.61. The summed E-state index contributed by atoms with van der Waals surface area (Å²) in [6.45, 7) is 0. The van der Waals surface area contributed by atoms with Crippen LogP contribution in [0.4, 0.5) is 0 Å². The predicted octanol–water partition coefficient (Wildman–Crippen LogP) is 3.34. The van der Waals surface area contributed by atoms with Gasteiger partial charge in [0.15, 0.2) is 19.7 Å². The normalized spacial score (nSPS) is 12.0. The molecule has 27 heavy (non-hydrogen) atoms. The van der Waals surface area contributed by atoms with Gasteiger partial charge in [-0.05, 0) is 29.3 Å². The number of benzene rings is 3. The van der Waals surface area contributed by atoms with Crippen molar-refractivity contribution in [1.82, 2.24) is 0 Å². The molecule has 140 valence electrons. The molecule has 5 nitrogen and oxygen atoms in total. The Balaban J connectivity index is 1.96. The van der Waals surface area contributed by atoms with Gasteiger partial charge >= 0.3 is 0 Å². The van der Waals surface area contributed by atoms with Crippen LogP contribution in [0.15, 0.2) is 88.7 Å². The Kier molecular flexibility index (Phi) is 5.34. The van der Waals surface area contributed by atoms with E-state index in [-0.39, 0.29) is 21.3 Å². The number of hydrogen-bond acceptors (Lipinski definition) is 5. The molecule has 0 saturated heterocycles. The number of phenols is 1. The highest BCUT2D eigenvalue weighted by molar-refractivity contribution is 7.91. The fraction of sp³-hybridized carbons (Fsp3) is 0.100. The van der Waals surface area contributed by atoms with Crippen LogP contribution in [0.5, 0.6) is 5.75 Å². The highest BCUT2D eigenvalue weighted by atomic mass is 32.2. The average molecular weight is 402 g/mol. The summed E-state index contributed by atoms with van der Waals surface area (Å²) in [6, 6.07) is 20.5. The van der Waals surface area contributed by atoms with E-state index < -0.39 is 25.4 Å². The van der Waals surface area contributed by atoms with Crippen molar-refractivity contribution in [3.8, 4) is 5.75 Å². The molecule has 3 aromatic carbocycles. The Morgan fingerprint density at radius 3 is 1.63 bits per heavy atom. The molecule has 3 aromatic rings. The molecule has 0 spiro atoms. The third-order valence-corrected chi connectivity index (χ3v) is 7.42. The lowest BCUT2D eigenvalue weighted by Crippen LogP contribution is -2.09. The molecule has 3 rings (SSSR count). The lowest BCUT2D eigenvalue weighted by atomic mass is 10.2. The maximum atomic E-state index is 12.7. The molecule has 0 amide bonds. The Morgan fingerprint density at radius 2 is 1.11 bits per heavy atom. The van der Waals surface area contributed by atoms with E-state index in [1.54, 1.807) is 60.7 Å². The Hall–Kier alpha value is -2.64. The Bertz CT molecular complexity index is 1140. The zero-order valence-corrected chi connectivity index (χ0v) is 15.9. The van der Waals surface area contributed by atoms with Crippen LogP contribution in [0.1, 0.15) is 11.1 Å². The number of hydrogen-bond donors (Lipinski definition) is 1. The van der Waals surface area contributed by atoms with Gasteiger partial charge in [-0.1, -0.05) is 60.7 Å². The van der Waals surface area contributed by atoms with Gasteiger partial charge in [0.2, 0.25) is 0 Å². The van der Waals surface area contributed by atoms with Crippen LogP contribution >= 0.6 is 0 Å². The highest BCUT2D eigenvalue weighted by Gasteiger charge is 2.24. The highest BCUT2D eigenvalue weighted by Crippen LogP contribution is 2.29. The minimum absolute atomic E-state index is 0.143. The number of aromatic hydroxyl groups is 1. The fourth-order valence-electron chi connectivity index (χ4n) is 2.69. The molecule has 0 unspecified atom stereocenters. The molecular formula is C20H18O5S2. The summed E-state index contributed by atoms with van der Waals surface area (Å²) in [6.07, 6.45) is 0. The quantitative estimate of drug-likeness (QED) is 0.683. The maximum absolute atomic E-state index is 12.7. The first kappa shape index (κ1) is 19.1. The number of rotatable bonds is 6. The summed E-state index contributed by atoms with van der Waals surface area (Å²) in [7, 11) is -7.68. The minimum atomic E-state index is -3.91. The number of phenolic OH excluding ortho intramolecular Hbond substituents is 1. The van der Waals surface area contributed by atoms with Crippen molar-refractivity contribution in [3.63, 3.8) is 0 Å². The van der Waals surface area contributed by atoms with E-state index in [0.29, 0.717) is 11.1 Å². The van der Waals surface area contributed by atoms with Crippen LogP contribution in [0, 0.1) is 0 Å². The van der Waals surface area contributed by atoms with Crippen LogP contribution in [0.2, 0.25) is 0 Å².